The Labute approximate surface area is 102 Å². The maximum atomic E-state index is 11.0. The normalized spacial score (nSPS) is 19.8. The van der Waals surface area contributed by atoms with Gasteiger partial charge in [0.05, 0.1) is 5.92 Å². The van der Waals surface area contributed by atoms with Crippen LogP contribution in [0.3, 0.4) is 0 Å². The Hall–Kier alpha value is -1.57. The molecule has 0 heterocycles. The summed E-state index contributed by atoms with van der Waals surface area (Å²) in [7, 11) is 0. The molecule has 1 aromatic carbocycles. The third kappa shape index (κ3) is 2.76. The molecule has 1 atom stereocenters. The van der Waals surface area contributed by atoms with E-state index in [4.69, 9.17) is 5.11 Å². The fraction of sp³-hybridized carbons (Fsp3) is 0.400. The van der Waals surface area contributed by atoms with E-state index in [1.54, 1.807) is 0 Å². The molecule has 0 aliphatic heterocycles. The highest BCUT2D eigenvalue weighted by molar-refractivity contribution is 5.76. The van der Waals surface area contributed by atoms with Gasteiger partial charge in [-0.3, -0.25) is 4.79 Å². The molecule has 1 unspecified atom stereocenters. The number of aliphatic carboxylic acids is 1. The molecule has 0 amide bonds. The van der Waals surface area contributed by atoms with E-state index in [2.05, 4.69) is 37.3 Å². The van der Waals surface area contributed by atoms with Crippen molar-refractivity contribution in [2.75, 3.05) is 0 Å². The number of hydrogen-bond donors (Lipinski definition) is 1. The van der Waals surface area contributed by atoms with Crippen LogP contribution in [0.1, 0.15) is 37.3 Å². The molecule has 0 radical (unpaired) electrons. The average molecular weight is 230 g/mol. The van der Waals surface area contributed by atoms with Crippen molar-refractivity contribution in [1.29, 1.82) is 0 Å². The summed E-state index contributed by atoms with van der Waals surface area (Å²) in [6.45, 7) is 2.13. The second-order valence-electron chi connectivity index (χ2n) is 4.60. The van der Waals surface area contributed by atoms with E-state index in [-0.39, 0.29) is 5.92 Å². The summed E-state index contributed by atoms with van der Waals surface area (Å²) in [5.74, 6) is -0.873. The molecule has 2 rings (SSSR count). The molecule has 0 aromatic heterocycles. The predicted molar refractivity (Wildman–Crippen MR) is 68.8 cm³/mol. The number of benzene rings is 1. The highest BCUT2D eigenvalue weighted by Crippen LogP contribution is 2.31. The van der Waals surface area contributed by atoms with Crippen LogP contribution in [-0.2, 0) is 11.2 Å². The summed E-state index contributed by atoms with van der Waals surface area (Å²) in [6.07, 6.45) is 5.53. The van der Waals surface area contributed by atoms with Crippen molar-refractivity contribution >= 4 is 11.5 Å². The SMILES string of the molecule is CCc1ccc(C2=CCCC(C(=O)O)C2)cc1. The summed E-state index contributed by atoms with van der Waals surface area (Å²) < 4.78 is 0. The number of aryl methyl sites for hydroxylation is 1. The van der Waals surface area contributed by atoms with E-state index in [9.17, 15) is 4.79 Å². The number of carboxylic acids is 1. The molecule has 0 fully saturated rings. The van der Waals surface area contributed by atoms with Crippen molar-refractivity contribution in [3.8, 4) is 0 Å². The molecule has 0 spiro atoms. The molecule has 0 saturated carbocycles. The lowest BCUT2D eigenvalue weighted by Crippen LogP contribution is -2.16. The summed E-state index contributed by atoms with van der Waals surface area (Å²) >= 11 is 0. The van der Waals surface area contributed by atoms with Crippen molar-refractivity contribution in [2.45, 2.75) is 32.6 Å². The van der Waals surface area contributed by atoms with Crippen LogP contribution in [0, 0.1) is 5.92 Å². The Balaban J connectivity index is 2.16. The molecule has 1 aliphatic rings. The molecule has 2 heteroatoms. The molecular formula is C15H18O2. The van der Waals surface area contributed by atoms with Gasteiger partial charge in [0, 0.05) is 0 Å². The zero-order chi connectivity index (χ0) is 12.3. The van der Waals surface area contributed by atoms with Crippen LogP contribution in [0.15, 0.2) is 30.3 Å². The molecule has 1 N–H and O–H groups in total. The van der Waals surface area contributed by atoms with Crippen LogP contribution in [-0.4, -0.2) is 11.1 Å². The maximum Gasteiger partial charge on any atom is 0.306 e. The van der Waals surface area contributed by atoms with E-state index in [1.807, 2.05) is 0 Å². The second kappa shape index (κ2) is 5.17. The Morgan fingerprint density at radius 2 is 2.06 bits per heavy atom. The van der Waals surface area contributed by atoms with Gasteiger partial charge in [0.25, 0.3) is 0 Å². The van der Waals surface area contributed by atoms with Gasteiger partial charge in [-0.05, 0) is 42.4 Å². The fourth-order valence-corrected chi connectivity index (χ4v) is 2.31. The Kier molecular flexibility index (Phi) is 3.62. The van der Waals surface area contributed by atoms with Gasteiger partial charge in [-0.15, -0.1) is 0 Å². The quantitative estimate of drug-likeness (QED) is 0.862. The van der Waals surface area contributed by atoms with Gasteiger partial charge in [-0.2, -0.15) is 0 Å². The van der Waals surface area contributed by atoms with Crippen molar-refractivity contribution in [3.05, 3.63) is 41.5 Å². The smallest absolute Gasteiger partial charge is 0.306 e. The standard InChI is InChI=1S/C15H18O2/c1-2-11-6-8-12(9-7-11)13-4-3-5-14(10-13)15(16)17/h4,6-9,14H,2-3,5,10H2,1H3,(H,16,17). The van der Waals surface area contributed by atoms with Gasteiger partial charge in [0.1, 0.15) is 0 Å². The number of rotatable bonds is 3. The van der Waals surface area contributed by atoms with E-state index in [0.717, 1.165) is 19.3 Å². The highest BCUT2D eigenvalue weighted by atomic mass is 16.4. The summed E-state index contributed by atoms with van der Waals surface area (Å²) in [5, 5.41) is 9.06. The van der Waals surface area contributed by atoms with Crippen molar-refractivity contribution in [3.63, 3.8) is 0 Å². The van der Waals surface area contributed by atoms with Crippen molar-refractivity contribution < 1.29 is 9.90 Å². The minimum Gasteiger partial charge on any atom is -0.481 e. The molecule has 17 heavy (non-hydrogen) atoms. The van der Waals surface area contributed by atoms with Crippen LogP contribution < -0.4 is 0 Å². The van der Waals surface area contributed by atoms with Gasteiger partial charge < -0.3 is 5.11 Å². The third-order valence-corrected chi connectivity index (χ3v) is 3.45. The zero-order valence-corrected chi connectivity index (χ0v) is 10.1. The van der Waals surface area contributed by atoms with Gasteiger partial charge >= 0.3 is 5.97 Å². The maximum absolute atomic E-state index is 11.0. The van der Waals surface area contributed by atoms with E-state index < -0.39 is 5.97 Å². The molecule has 1 aliphatic carbocycles. The van der Waals surface area contributed by atoms with Crippen LogP contribution >= 0.6 is 0 Å². The fourth-order valence-electron chi connectivity index (χ4n) is 2.31. The van der Waals surface area contributed by atoms with E-state index in [0.29, 0.717) is 6.42 Å². The first kappa shape index (κ1) is 11.9. The van der Waals surface area contributed by atoms with Crippen molar-refractivity contribution in [2.24, 2.45) is 5.92 Å². The third-order valence-electron chi connectivity index (χ3n) is 3.45. The highest BCUT2D eigenvalue weighted by Gasteiger charge is 2.22. The lowest BCUT2D eigenvalue weighted by molar-refractivity contribution is -0.141. The summed E-state index contributed by atoms with van der Waals surface area (Å²) in [6, 6.07) is 8.46. The molecule has 90 valence electrons. The van der Waals surface area contributed by atoms with Crippen LogP contribution in [0.4, 0.5) is 0 Å². The molecule has 2 nitrogen and oxygen atoms in total. The molecule has 0 bridgehead atoms. The van der Waals surface area contributed by atoms with E-state index in [1.165, 1.54) is 16.7 Å². The van der Waals surface area contributed by atoms with Gasteiger partial charge in [-0.1, -0.05) is 37.3 Å². The second-order valence-corrected chi connectivity index (χ2v) is 4.60. The van der Waals surface area contributed by atoms with Crippen LogP contribution in [0.25, 0.3) is 5.57 Å². The van der Waals surface area contributed by atoms with Crippen molar-refractivity contribution in [1.82, 2.24) is 0 Å². The lowest BCUT2D eigenvalue weighted by atomic mass is 9.85. The Morgan fingerprint density at radius 3 is 2.65 bits per heavy atom. The number of carbonyl (C=O) groups is 1. The summed E-state index contributed by atoms with van der Waals surface area (Å²) in [4.78, 5) is 11.0. The number of hydrogen-bond acceptors (Lipinski definition) is 1. The molecular weight excluding hydrogens is 212 g/mol. The first-order valence-electron chi connectivity index (χ1n) is 6.22. The van der Waals surface area contributed by atoms with Gasteiger partial charge in [0.2, 0.25) is 0 Å². The number of carboxylic acid groups (broad SMARTS) is 1. The summed E-state index contributed by atoms with van der Waals surface area (Å²) in [5.41, 5.74) is 3.68. The first-order valence-corrected chi connectivity index (χ1v) is 6.22. The minimum absolute atomic E-state index is 0.208. The number of allylic oxidation sites excluding steroid dienone is 2. The monoisotopic (exact) mass is 230 g/mol. The predicted octanol–water partition coefficient (Wildman–Crippen LogP) is 3.52. The zero-order valence-electron chi connectivity index (χ0n) is 10.1. The topological polar surface area (TPSA) is 37.3 Å². The lowest BCUT2D eigenvalue weighted by Gasteiger charge is -2.19. The van der Waals surface area contributed by atoms with Crippen LogP contribution in [0.2, 0.25) is 0 Å². The van der Waals surface area contributed by atoms with Crippen LogP contribution in [0.5, 0.6) is 0 Å². The molecule has 1 aromatic rings. The Morgan fingerprint density at radius 1 is 1.35 bits per heavy atom. The van der Waals surface area contributed by atoms with E-state index >= 15 is 0 Å². The first-order chi connectivity index (χ1) is 8.20. The van der Waals surface area contributed by atoms with Gasteiger partial charge in [0.15, 0.2) is 0 Å². The molecule has 0 saturated heterocycles. The average Bonchev–Trinajstić information content (AvgIpc) is 2.39. The Bertz CT molecular complexity index is 429. The largest absolute Gasteiger partial charge is 0.481 e. The minimum atomic E-state index is -0.666. The van der Waals surface area contributed by atoms with Gasteiger partial charge in [-0.25, -0.2) is 0 Å².